The minimum Gasteiger partial charge on any atom is -0.371 e. The number of anilines is 1. The van der Waals surface area contributed by atoms with E-state index in [0.717, 1.165) is 31.5 Å². The van der Waals surface area contributed by atoms with Crippen molar-refractivity contribution in [1.82, 2.24) is 0 Å². The van der Waals surface area contributed by atoms with Crippen molar-refractivity contribution in [3.8, 4) is 0 Å². The lowest BCUT2D eigenvalue weighted by atomic mass is 10.2. The molecule has 1 fully saturated rings. The zero-order chi connectivity index (χ0) is 11.4. The molecule has 1 atom stereocenters. The Labute approximate surface area is 95.1 Å². The number of halogens is 1. The van der Waals surface area contributed by atoms with E-state index in [4.69, 9.17) is 0 Å². The van der Waals surface area contributed by atoms with E-state index in [1.807, 2.05) is 18.2 Å². The molecule has 1 unspecified atom stereocenters. The third-order valence-electron chi connectivity index (χ3n) is 3.03. The molecule has 0 radical (unpaired) electrons. The van der Waals surface area contributed by atoms with Gasteiger partial charge < -0.3 is 4.90 Å². The zero-order valence-corrected chi connectivity index (χ0v) is 9.23. The predicted octanol–water partition coefficient (Wildman–Crippen LogP) is 2.83. The van der Waals surface area contributed by atoms with Crippen molar-refractivity contribution in [2.45, 2.75) is 25.4 Å². The molecule has 1 aromatic rings. The van der Waals surface area contributed by atoms with Gasteiger partial charge in [0.15, 0.2) is 0 Å². The smallest absolute Gasteiger partial charge is 0.150 e. The van der Waals surface area contributed by atoms with Crippen LogP contribution in [0, 0.1) is 0 Å². The van der Waals surface area contributed by atoms with E-state index in [1.54, 1.807) is 6.07 Å². The molecule has 2 nitrogen and oxygen atoms in total. The molecular weight excluding hydrogens is 205 g/mol. The Morgan fingerprint density at radius 2 is 2.19 bits per heavy atom. The first-order valence-corrected chi connectivity index (χ1v) is 5.74. The van der Waals surface area contributed by atoms with Crippen molar-refractivity contribution >= 4 is 12.0 Å². The van der Waals surface area contributed by atoms with Crippen LogP contribution in [0.15, 0.2) is 24.3 Å². The van der Waals surface area contributed by atoms with Crippen LogP contribution < -0.4 is 4.90 Å². The van der Waals surface area contributed by atoms with Gasteiger partial charge in [-0.2, -0.15) is 0 Å². The quantitative estimate of drug-likeness (QED) is 0.716. The van der Waals surface area contributed by atoms with Gasteiger partial charge in [0.1, 0.15) is 12.5 Å². The van der Waals surface area contributed by atoms with Crippen molar-refractivity contribution in [2.75, 3.05) is 18.0 Å². The number of benzene rings is 1. The van der Waals surface area contributed by atoms with Crippen LogP contribution in [0.4, 0.5) is 10.1 Å². The van der Waals surface area contributed by atoms with Crippen LogP contribution >= 0.6 is 0 Å². The first-order chi connectivity index (χ1) is 7.79. The van der Waals surface area contributed by atoms with Crippen LogP contribution in [-0.2, 0) is 0 Å². The maximum absolute atomic E-state index is 13.2. The van der Waals surface area contributed by atoms with Gasteiger partial charge in [0, 0.05) is 24.3 Å². The zero-order valence-electron chi connectivity index (χ0n) is 9.23. The average molecular weight is 221 g/mol. The number of rotatable bonds is 2. The van der Waals surface area contributed by atoms with Gasteiger partial charge in [0.05, 0.1) is 0 Å². The maximum Gasteiger partial charge on any atom is 0.150 e. The van der Waals surface area contributed by atoms with Gasteiger partial charge in [0.2, 0.25) is 0 Å². The number of carbonyl (C=O) groups excluding carboxylic acids is 1. The molecule has 1 aliphatic heterocycles. The molecule has 2 rings (SSSR count). The Kier molecular flexibility index (Phi) is 3.54. The molecule has 0 aliphatic carbocycles. The number of hydrogen-bond donors (Lipinski definition) is 0. The topological polar surface area (TPSA) is 20.3 Å². The Hall–Kier alpha value is -1.38. The number of hydrogen-bond acceptors (Lipinski definition) is 2. The lowest BCUT2D eigenvalue weighted by Crippen LogP contribution is -2.24. The standard InChI is InChI=1S/C13H16FNO/c14-12-4-2-7-15(8-6-12)13-5-1-3-11(9-13)10-16/h1,3,5,9-10,12H,2,4,6-8H2. The summed E-state index contributed by atoms with van der Waals surface area (Å²) in [5.41, 5.74) is 1.71. The summed E-state index contributed by atoms with van der Waals surface area (Å²) in [5.74, 6) is 0. The van der Waals surface area contributed by atoms with E-state index < -0.39 is 6.17 Å². The lowest BCUT2D eigenvalue weighted by Gasteiger charge is -2.22. The minimum absolute atomic E-state index is 0.589. The molecule has 86 valence electrons. The molecule has 16 heavy (non-hydrogen) atoms. The summed E-state index contributed by atoms with van der Waals surface area (Å²) in [4.78, 5) is 12.8. The monoisotopic (exact) mass is 221 g/mol. The molecule has 1 aliphatic rings. The fourth-order valence-electron chi connectivity index (χ4n) is 2.11. The van der Waals surface area contributed by atoms with E-state index in [-0.39, 0.29) is 0 Å². The number of aldehydes is 1. The summed E-state index contributed by atoms with van der Waals surface area (Å²) in [6.07, 6.45) is 2.31. The van der Waals surface area contributed by atoms with E-state index in [2.05, 4.69) is 4.90 Å². The van der Waals surface area contributed by atoms with Gasteiger partial charge in [-0.3, -0.25) is 4.79 Å². The second kappa shape index (κ2) is 5.10. The van der Waals surface area contributed by atoms with E-state index in [0.29, 0.717) is 18.4 Å². The third kappa shape index (κ3) is 2.60. The molecule has 0 aromatic heterocycles. The molecule has 1 saturated heterocycles. The Morgan fingerprint density at radius 1 is 1.31 bits per heavy atom. The maximum atomic E-state index is 13.2. The Bertz CT molecular complexity index is 367. The first kappa shape index (κ1) is 11.1. The van der Waals surface area contributed by atoms with Crippen LogP contribution in [0.25, 0.3) is 0 Å². The second-order valence-corrected chi connectivity index (χ2v) is 4.23. The van der Waals surface area contributed by atoms with Gasteiger partial charge in [0.25, 0.3) is 0 Å². The number of nitrogens with zero attached hydrogens (tertiary/aromatic N) is 1. The highest BCUT2D eigenvalue weighted by molar-refractivity contribution is 5.77. The Balaban J connectivity index is 2.13. The molecule has 3 heteroatoms. The number of alkyl halides is 1. The summed E-state index contributed by atoms with van der Waals surface area (Å²) in [6.45, 7) is 1.62. The molecule has 0 bridgehead atoms. The van der Waals surface area contributed by atoms with E-state index in [1.165, 1.54) is 0 Å². The van der Waals surface area contributed by atoms with Gasteiger partial charge in [-0.15, -0.1) is 0 Å². The van der Waals surface area contributed by atoms with Gasteiger partial charge in [-0.25, -0.2) is 4.39 Å². The van der Waals surface area contributed by atoms with Crippen molar-refractivity contribution in [3.05, 3.63) is 29.8 Å². The van der Waals surface area contributed by atoms with Crippen molar-refractivity contribution in [1.29, 1.82) is 0 Å². The number of carbonyl (C=O) groups is 1. The molecule has 1 heterocycles. The average Bonchev–Trinajstić information content (AvgIpc) is 2.54. The van der Waals surface area contributed by atoms with Crippen molar-refractivity contribution in [3.63, 3.8) is 0 Å². The SMILES string of the molecule is O=Cc1cccc(N2CCCC(F)CC2)c1. The summed E-state index contributed by atoms with van der Waals surface area (Å²) >= 11 is 0. The van der Waals surface area contributed by atoms with Gasteiger partial charge in [-0.1, -0.05) is 12.1 Å². The summed E-state index contributed by atoms with van der Waals surface area (Å²) < 4.78 is 13.2. The highest BCUT2D eigenvalue weighted by Gasteiger charge is 2.16. The highest BCUT2D eigenvalue weighted by atomic mass is 19.1. The van der Waals surface area contributed by atoms with Crippen LogP contribution in [0.2, 0.25) is 0 Å². The van der Waals surface area contributed by atoms with Crippen LogP contribution in [-0.4, -0.2) is 25.5 Å². The predicted molar refractivity (Wildman–Crippen MR) is 62.8 cm³/mol. The summed E-state index contributed by atoms with van der Waals surface area (Å²) in [7, 11) is 0. The largest absolute Gasteiger partial charge is 0.371 e. The van der Waals surface area contributed by atoms with Crippen molar-refractivity contribution in [2.24, 2.45) is 0 Å². The fraction of sp³-hybridized carbons (Fsp3) is 0.462. The van der Waals surface area contributed by atoms with E-state index in [9.17, 15) is 9.18 Å². The molecule has 0 N–H and O–H groups in total. The summed E-state index contributed by atoms with van der Waals surface area (Å²) in [5, 5.41) is 0. The van der Waals surface area contributed by atoms with Crippen LogP contribution in [0.1, 0.15) is 29.6 Å². The minimum atomic E-state index is -0.667. The molecule has 0 saturated carbocycles. The first-order valence-electron chi connectivity index (χ1n) is 5.74. The normalized spacial score (nSPS) is 21.6. The van der Waals surface area contributed by atoms with E-state index >= 15 is 0 Å². The highest BCUT2D eigenvalue weighted by Crippen LogP contribution is 2.21. The Morgan fingerprint density at radius 3 is 3.00 bits per heavy atom. The molecule has 1 aromatic carbocycles. The van der Waals surface area contributed by atoms with Gasteiger partial charge in [-0.05, 0) is 31.4 Å². The van der Waals surface area contributed by atoms with Gasteiger partial charge >= 0.3 is 0 Å². The fourth-order valence-corrected chi connectivity index (χ4v) is 2.11. The van der Waals surface area contributed by atoms with Crippen LogP contribution in [0.3, 0.4) is 0 Å². The molecular formula is C13H16FNO. The summed E-state index contributed by atoms with van der Waals surface area (Å²) in [6, 6.07) is 7.50. The lowest BCUT2D eigenvalue weighted by molar-refractivity contribution is 0.112. The molecule has 0 amide bonds. The molecule has 0 spiro atoms. The van der Waals surface area contributed by atoms with Crippen LogP contribution in [0.5, 0.6) is 0 Å². The third-order valence-corrected chi connectivity index (χ3v) is 3.03. The van der Waals surface area contributed by atoms with Crippen molar-refractivity contribution < 1.29 is 9.18 Å². The second-order valence-electron chi connectivity index (χ2n) is 4.23.